The van der Waals surface area contributed by atoms with Crippen LogP contribution in [0.5, 0.6) is 0 Å². The van der Waals surface area contributed by atoms with Crippen molar-refractivity contribution in [2.45, 2.75) is 0 Å². The van der Waals surface area contributed by atoms with Crippen molar-refractivity contribution in [2.75, 3.05) is 0 Å². The first-order valence-corrected chi connectivity index (χ1v) is 2.19. The minimum Gasteiger partial charge on any atom is -1.00 e. The zero-order valence-electron chi connectivity index (χ0n) is 3.91. The second-order valence-corrected chi connectivity index (χ2v) is 1.34. The summed E-state index contributed by atoms with van der Waals surface area (Å²) in [5, 5.41) is 0. The molecule has 0 aliphatic heterocycles. The van der Waals surface area contributed by atoms with E-state index < -0.39 is 7.82 Å². The minimum atomic E-state index is -5.39. The molecule has 1 radical (unpaired) electrons. The Kier molecular flexibility index (Phi) is 26.0. The normalized spacial score (nSPS) is 7.38. The number of rotatable bonds is 0. The first kappa shape index (κ1) is 22.5. The molecule has 0 atom stereocenters. The summed E-state index contributed by atoms with van der Waals surface area (Å²) in [7, 11) is -5.39. The molecule has 0 aromatic heterocycles. The van der Waals surface area contributed by atoms with Crippen molar-refractivity contribution in [3.63, 3.8) is 0 Å². The Hall–Kier alpha value is 2.26. The smallest absolute Gasteiger partial charge is 1.00 e. The minimum absolute atomic E-state index is 0. The fourth-order valence-corrected chi connectivity index (χ4v) is 0. The monoisotopic (exact) mass is 204 g/mol. The maximum Gasteiger partial charge on any atom is 1.00 e. The molecule has 0 unspecified atom stereocenters. The molecule has 45 valence electrons. The van der Waals surface area contributed by atoms with Gasteiger partial charge in [-0.15, -0.1) is 0 Å². The average molecular weight is 204 g/mol. The summed E-state index contributed by atoms with van der Waals surface area (Å²) >= 11 is 0. The van der Waals surface area contributed by atoms with E-state index >= 15 is 0 Å². The van der Waals surface area contributed by atoms with Gasteiger partial charge in [0.25, 0.3) is 0 Å². The van der Waals surface area contributed by atoms with E-state index in [1.54, 1.807) is 0 Å². The Morgan fingerprint density at radius 1 is 1.12 bits per heavy atom. The van der Waals surface area contributed by atoms with Crippen LogP contribution in [0.15, 0.2) is 0 Å². The van der Waals surface area contributed by atoms with Gasteiger partial charge in [-0.25, -0.2) is 0 Å². The molecule has 0 N–H and O–H groups in total. The predicted octanol–water partition coefficient (Wildman–Crippen LogP) is -8.82. The van der Waals surface area contributed by atoms with Crippen LogP contribution in [0.25, 0.3) is 0 Å². The molecule has 0 saturated heterocycles. The van der Waals surface area contributed by atoms with Crippen LogP contribution >= 0.6 is 7.82 Å². The van der Waals surface area contributed by atoms with E-state index in [2.05, 4.69) is 0 Å². The van der Waals surface area contributed by atoms with Crippen LogP contribution < -0.4 is 70.8 Å². The van der Waals surface area contributed by atoms with Crippen LogP contribution in [-0.2, 0) is 23.1 Å². The zero-order valence-corrected chi connectivity index (χ0v) is 9.32. The Bertz CT molecular complexity index is 62.2. The van der Waals surface area contributed by atoms with Crippen LogP contribution in [0.2, 0.25) is 0 Å². The first-order chi connectivity index (χ1) is 2.00. The standard InChI is InChI=1S/FH.K.H3O4P.V/c;;1-5(2,3)4;/h1H;;(H3,1,2,3,4);/q;+1;;/p-4. The molecule has 0 aromatic rings. The van der Waals surface area contributed by atoms with Gasteiger partial charge in [0, 0.05) is 18.6 Å². The van der Waals surface area contributed by atoms with E-state index in [-0.39, 0.29) is 74.6 Å². The van der Waals surface area contributed by atoms with E-state index in [0.29, 0.717) is 0 Å². The fourth-order valence-electron chi connectivity index (χ4n) is 0. The third-order valence-corrected chi connectivity index (χ3v) is 0. The third kappa shape index (κ3) is 85.2. The van der Waals surface area contributed by atoms with Crippen LogP contribution in [0.3, 0.4) is 0 Å². The van der Waals surface area contributed by atoms with E-state index in [1.807, 2.05) is 0 Å². The maximum absolute atomic E-state index is 8.55. The summed E-state index contributed by atoms with van der Waals surface area (Å²) in [4.78, 5) is 25.6. The van der Waals surface area contributed by atoms with E-state index in [0.717, 1.165) is 0 Å². The van der Waals surface area contributed by atoms with Crippen molar-refractivity contribution in [3.05, 3.63) is 0 Å². The van der Waals surface area contributed by atoms with Crippen LogP contribution in [0.4, 0.5) is 0 Å². The summed E-state index contributed by atoms with van der Waals surface area (Å²) in [6.45, 7) is 0. The van der Waals surface area contributed by atoms with Gasteiger partial charge in [-0.2, -0.15) is 7.82 Å². The van der Waals surface area contributed by atoms with Crippen LogP contribution in [0.1, 0.15) is 0 Å². The van der Waals surface area contributed by atoms with Crippen molar-refractivity contribution in [1.82, 2.24) is 0 Å². The van der Waals surface area contributed by atoms with Crippen molar-refractivity contribution >= 4 is 7.82 Å². The number of hydrogen-bond acceptors (Lipinski definition) is 4. The van der Waals surface area contributed by atoms with E-state index in [1.165, 1.54) is 0 Å². The molecule has 8 heavy (non-hydrogen) atoms. The third-order valence-electron chi connectivity index (χ3n) is 0. The molecule has 4 nitrogen and oxygen atoms in total. The molecule has 0 heterocycles. The first-order valence-electron chi connectivity index (χ1n) is 0.730. The fraction of sp³-hybridized carbons (Fsp3) is 0. The largest absolute Gasteiger partial charge is 1.00 e. The van der Waals surface area contributed by atoms with Crippen molar-refractivity contribution in [1.29, 1.82) is 0 Å². The van der Waals surface area contributed by atoms with Crippen molar-refractivity contribution < 1.29 is 93.9 Å². The Balaban J connectivity index is -0.0000000267. The molecule has 0 aliphatic rings. The summed E-state index contributed by atoms with van der Waals surface area (Å²) in [5.74, 6) is 0. The number of halogens is 1. The van der Waals surface area contributed by atoms with Gasteiger partial charge in [0.05, 0.1) is 0 Å². The van der Waals surface area contributed by atoms with Gasteiger partial charge >= 0.3 is 51.4 Å². The second-order valence-electron chi connectivity index (χ2n) is 0.447. The van der Waals surface area contributed by atoms with Gasteiger partial charge in [0.15, 0.2) is 0 Å². The quantitative estimate of drug-likeness (QED) is 0.289. The maximum atomic E-state index is 8.55. The van der Waals surface area contributed by atoms with Gasteiger partial charge < -0.3 is 23.9 Å². The number of hydrogen-bond donors (Lipinski definition) is 0. The summed E-state index contributed by atoms with van der Waals surface area (Å²) in [6, 6.07) is 0. The topological polar surface area (TPSA) is 86.2 Å². The molecule has 0 saturated carbocycles. The van der Waals surface area contributed by atoms with Gasteiger partial charge in [0.1, 0.15) is 0 Å². The molecule has 0 spiro atoms. The van der Waals surface area contributed by atoms with E-state index in [9.17, 15) is 0 Å². The molecule has 0 aromatic carbocycles. The number of phosphoric acid groups is 1. The summed E-state index contributed by atoms with van der Waals surface area (Å²) in [6.07, 6.45) is 0. The Labute approximate surface area is 100.0 Å². The van der Waals surface area contributed by atoms with Crippen LogP contribution in [-0.4, -0.2) is 0 Å². The van der Waals surface area contributed by atoms with Crippen molar-refractivity contribution in [2.24, 2.45) is 0 Å². The van der Waals surface area contributed by atoms with Gasteiger partial charge in [-0.3, -0.25) is 0 Å². The zero-order chi connectivity index (χ0) is 4.50. The van der Waals surface area contributed by atoms with Crippen LogP contribution in [0, 0.1) is 0 Å². The summed E-state index contributed by atoms with van der Waals surface area (Å²) in [5.41, 5.74) is 0. The van der Waals surface area contributed by atoms with E-state index in [4.69, 9.17) is 19.2 Å². The molecular formula is FKO4PV-3. The van der Waals surface area contributed by atoms with Gasteiger partial charge in [0.2, 0.25) is 0 Å². The molecule has 0 rings (SSSR count). The molecule has 0 amide bonds. The molecule has 8 heteroatoms. The van der Waals surface area contributed by atoms with Crippen molar-refractivity contribution in [3.8, 4) is 0 Å². The molecular weight excluding hydrogens is 204 g/mol. The predicted molar refractivity (Wildman–Crippen MR) is 7.61 cm³/mol. The Morgan fingerprint density at radius 3 is 1.12 bits per heavy atom. The molecule has 0 fully saturated rings. The molecule has 0 aliphatic carbocycles. The SMILES string of the molecule is O=P([O-])([O-])[O-].[F-].[K+].[V]. The Morgan fingerprint density at radius 2 is 1.12 bits per heavy atom. The second kappa shape index (κ2) is 9.26. The van der Waals surface area contributed by atoms with Gasteiger partial charge in [-0.05, 0) is 0 Å². The average Bonchev–Trinajstić information content (AvgIpc) is 0.722. The van der Waals surface area contributed by atoms with Gasteiger partial charge in [-0.1, -0.05) is 0 Å². The molecule has 0 bridgehead atoms. The summed E-state index contributed by atoms with van der Waals surface area (Å²) < 4.78 is 8.55.